The third-order valence-corrected chi connectivity index (χ3v) is 3.97. The molecule has 0 fully saturated rings. The molecule has 0 radical (unpaired) electrons. The van der Waals surface area contributed by atoms with Gasteiger partial charge in [0.25, 0.3) is 0 Å². The highest BCUT2D eigenvalue weighted by atomic mass is 32.2. The number of imidazole rings is 1. The Labute approximate surface area is 117 Å². The van der Waals surface area contributed by atoms with Gasteiger partial charge in [0.15, 0.2) is 5.16 Å². The number of nitrogens with zero attached hydrogens (tertiary/aromatic N) is 2. The summed E-state index contributed by atoms with van der Waals surface area (Å²) < 4.78 is 2.02. The minimum atomic E-state index is -0.0161. The maximum absolute atomic E-state index is 9.37. The topological polar surface area (TPSA) is 58.3 Å². The SMILES string of the molecule is CCCSc1ncc(CO)n1Cc1ccc(O)cc1. The number of rotatable bonds is 6. The number of hydrogen-bond donors (Lipinski definition) is 2. The second-order valence-electron chi connectivity index (χ2n) is 4.29. The van der Waals surface area contributed by atoms with Gasteiger partial charge in [0.1, 0.15) is 5.75 Å². The van der Waals surface area contributed by atoms with Gasteiger partial charge >= 0.3 is 0 Å². The molecule has 2 N–H and O–H groups in total. The molecular weight excluding hydrogens is 260 g/mol. The molecule has 0 unspecified atom stereocenters. The lowest BCUT2D eigenvalue weighted by Gasteiger charge is -2.10. The van der Waals surface area contributed by atoms with Crippen molar-refractivity contribution < 1.29 is 10.2 Å². The van der Waals surface area contributed by atoms with Crippen molar-refractivity contribution in [2.45, 2.75) is 31.7 Å². The molecule has 1 heterocycles. The zero-order valence-corrected chi connectivity index (χ0v) is 11.7. The van der Waals surface area contributed by atoms with Gasteiger partial charge in [0.05, 0.1) is 18.5 Å². The van der Waals surface area contributed by atoms with Gasteiger partial charge in [0.2, 0.25) is 0 Å². The third kappa shape index (κ3) is 3.52. The lowest BCUT2D eigenvalue weighted by molar-refractivity contribution is 0.270. The van der Waals surface area contributed by atoms with Crippen molar-refractivity contribution in [1.29, 1.82) is 0 Å². The molecule has 102 valence electrons. The Morgan fingerprint density at radius 2 is 2.00 bits per heavy atom. The van der Waals surface area contributed by atoms with Gasteiger partial charge in [-0.1, -0.05) is 30.8 Å². The molecule has 0 aliphatic heterocycles. The minimum absolute atomic E-state index is 0.0161. The van der Waals surface area contributed by atoms with Crippen LogP contribution >= 0.6 is 11.8 Å². The molecule has 2 aromatic rings. The second-order valence-corrected chi connectivity index (χ2v) is 5.35. The molecule has 1 aromatic carbocycles. The first-order valence-corrected chi connectivity index (χ1v) is 7.29. The number of aromatic hydroxyl groups is 1. The molecule has 0 aliphatic rings. The average molecular weight is 278 g/mol. The molecule has 0 spiro atoms. The van der Waals surface area contributed by atoms with Crippen LogP contribution in [-0.2, 0) is 13.2 Å². The van der Waals surface area contributed by atoms with Crippen LogP contribution in [0.25, 0.3) is 0 Å². The van der Waals surface area contributed by atoms with Gasteiger partial charge < -0.3 is 14.8 Å². The van der Waals surface area contributed by atoms with E-state index in [1.54, 1.807) is 30.1 Å². The molecule has 5 heteroatoms. The highest BCUT2D eigenvalue weighted by molar-refractivity contribution is 7.99. The molecule has 19 heavy (non-hydrogen) atoms. The Morgan fingerprint density at radius 3 is 2.63 bits per heavy atom. The van der Waals surface area contributed by atoms with E-state index in [0.29, 0.717) is 6.54 Å². The van der Waals surface area contributed by atoms with Crippen LogP contribution in [0.2, 0.25) is 0 Å². The third-order valence-electron chi connectivity index (χ3n) is 2.78. The summed E-state index contributed by atoms with van der Waals surface area (Å²) in [6.07, 6.45) is 2.81. The van der Waals surface area contributed by atoms with Crippen molar-refractivity contribution in [2.24, 2.45) is 0 Å². The van der Waals surface area contributed by atoms with E-state index in [-0.39, 0.29) is 12.4 Å². The van der Waals surface area contributed by atoms with Crippen molar-refractivity contribution in [1.82, 2.24) is 9.55 Å². The zero-order valence-electron chi connectivity index (χ0n) is 10.9. The number of hydrogen-bond acceptors (Lipinski definition) is 4. The smallest absolute Gasteiger partial charge is 0.168 e. The van der Waals surface area contributed by atoms with E-state index in [4.69, 9.17) is 0 Å². The summed E-state index contributed by atoms with van der Waals surface area (Å²) in [7, 11) is 0. The first-order valence-electron chi connectivity index (χ1n) is 6.30. The summed E-state index contributed by atoms with van der Waals surface area (Å²) in [5.41, 5.74) is 1.88. The fourth-order valence-electron chi connectivity index (χ4n) is 1.78. The summed E-state index contributed by atoms with van der Waals surface area (Å²) in [5.74, 6) is 1.27. The van der Waals surface area contributed by atoms with Crippen LogP contribution in [0.1, 0.15) is 24.6 Å². The van der Waals surface area contributed by atoms with Crippen molar-refractivity contribution in [3.63, 3.8) is 0 Å². The van der Waals surface area contributed by atoms with Gasteiger partial charge in [-0.3, -0.25) is 0 Å². The largest absolute Gasteiger partial charge is 0.508 e. The van der Waals surface area contributed by atoms with Crippen molar-refractivity contribution in [2.75, 3.05) is 5.75 Å². The van der Waals surface area contributed by atoms with Gasteiger partial charge in [0, 0.05) is 12.3 Å². The van der Waals surface area contributed by atoms with Crippen molar-refractivity contribution in [3.8, 4) is 5.75 Å². The number of phenolic OH excluding ortho intramolecular Hbond substituents is 1. The normalized spacial score (nSPS) is 10.8. The fraction of sp³-hybridized carbons (Fsp3) is 0.357. The van der Waals surface area contributed by atoms with Crippen LogP contribution in [0.15, 0.2) is 35.6 Å². The minimum Gasteiger partial charge on any atom is -0.508 e. The summed E-state index contributed by atoms with van der Waals surface area (Å²) in [4.78, 5) is 4.35. The number of thioether (sulfide) groups is 1. The Kier molecular flexibility index (Phi) is 4.87. The molecule has 0 atom stereocenters. The molecule has 2 rings (SSSR count). The van der Waals surface area contributed by atoms with E-state index in [9.17, 15) is 10.2 Å². The summed E-state index contributed by atoms with van der Waals surface area (Å²) >= 11 is 1.70. The van der Waals surface area contributed by atoms with E-state index in [2.05, 4.69) is 11.9 Å². The maximum atomic E-state index is 9.37. The van der Waals surface area contributed by atoms with Gasteiger partial charge in [-0.15, -0.1) is 0 Å². The standard InChI is InChI=1S/C14H18N2O2S/c1-2-7-19-14-15-8-12(10-17)16(14)9-11-3-5-13(18)6-4-11/h3-6,8,17-18H,2,7,9-10H2,1H3. The highest BCUT2D eigenvalue weighted by Crippen LogP contribution is 2.21. The van der Waals surface area contributed by atoms with E-state index in [0.717, 1.165) is 28.6 Å². The summed E-state index contributed by atoms with van der Waals surface area (Å²) in [6.45, 7) is 2.77. The highest BCUT2D eigenvalue weighted by Gasteiger charge is 2.10. The molecule has 1 aromatic heterocycles. The number of aliphatic hydroxyl groups is 1. The quantitative estimate of drug-likeness (QED) is 0.798. The number of phenols is 1. The fourth-order valence-corrected chi connectivity index (χ4v) is 2.63. The van der Waals surface area contributed by atoms with Crippen LogP contribution in [0.3, 0.4) is 0 Å². The Bertz CT molecular complexity index is 523. The van der Waals surface area contributed by atoms with E-state index < -0.39 is 0 Å². The van der Waals surface area contributed by atoms with Gasteiger partial charge in [-0.25, -0.2) is 4.98 Å². The van der Waals surface area contributed by atoms with Crippen molar-refractivity contribution in [3.05, 3.63) is 41.7 Å². The molecular formula is C14H18N2O2S. The van der Waals surface area contributed by atoms with Crippen LogP contribution in [-0.4, -0.2) is 25.5 Å². The number of aliphatic hydroxyl groups excluding tert-OH is 1. The van der Waals surface area contributed by atoms with E-state index in [1.807, 2.05) is 16.7 Å². The average Bonchev–Trinajstić information content (AvgIpc) is 2.81. The monoisotopic (exact) mass is 278 g/mol. The molecule has 0 aliphatic carbocycles. The molecule has 0 saturated heterocycles. The predicted octanol–water partition coefficient (Wildman–Crippen LogP) is 2.63. The second kappa shape index (κ2) is 6.63. The molecule has 0 bridgehead atoms. The Hall–Kier alpha value is -1.46. The van der Waals surface area contributed by atoms with Gasteiger partial charge in [-0.05, 0) is 24.1 Å². The van der Waals surface area contributed by atoms with Crippen LogP contribution in [0.5, 0.6) is 5.75 Å². The lowest BCUT2D eigenvalue weighted by Crippen LogP contribution is -2.06. The Balaban J connectivity index is 2.21. The first-order chi connectivity index (χ1) is 9.24. The predicted molar refractivity (Wildman–Crippen MR) is 76.4 cm³/mol. The number of benzene rings is 1. The van der Waals surface area contributed by atoms with E-state index >= 15 is 0 Å². The zero-order chi connectivity index (χ0) is 13.7. The summed E-state index contributed by atoms with van der Waals surface area (Å²) in [6, 6.07) is 7.10. The molecule has 0 amide bonds. The van der Waals surface area contributed by atoms with Crippen molar-refractivity contribution >= 4 is 11.8 Å². The number of aromatic nitrogens is 2. The lowest BCUT2D eigenvalue weighted by atomic mass is 10.2. The molecule has 4 nitrogen and oxygen atoms in total. The van der Waals surface area contributed by atoms with Crippen LogP contribution in [0.4, 0.5) is 0 Å². The molecule has 0 saturated carbocycles. The van der Waals surface area contributed by atoms with Crippen LogP contribution in [0, 0.1) is 0 Å². The Morgan fingerprint density at radius 1 is 1.26 bits per heavy atom. The first kappa shape index (κ1) is 14.0. The maximum Gasteiger partial charge on any atom is 0.168 e. The van der Waals surface area contributed by atoms with Gasteiger partial charge in [-0.2, -0.15) is 0 Å². The summed E-state index contributed by atoms with van der Waals surface area (Å²) in [5, 5.41) is 19.6. The van der Waals surface area contributed by atoms with E-state index in [1.165, 1.54) is 0 Å². The van der Waals surface area contributed by atoms with Crippen LogP contribution < -0.4 is 0 Å².